The molecular weight excluding hydrogens is 223 g/mol. The number of carbonyl (C=O) groups is 2. The molecule has 3 nitrogen and oxygen atoms in total. The summed E-state index contributed by atoms with van der Waals surface area (Å²) in [6, 6.07) is 2.69. The maximum Gasteiger partial charge on any atom is 0.379 e. The number of benzene rings is 1. The fourth-order valence-corrected chi connectivity index (χ4v) is 1.54. The van der Waals surface area contributed by atoms with Crippen molar-refractivity contribution in [1.82, 2.24) is 0 Å². The van der Waals surface area contributed by atoms with E-state index in [1.807, 2.05) is 0 Å². The normalized spacial score (nSPS) is 10.1. The van der Waals surface area contributed by atoms with Gasteiger partial charge in [0.15, 0.2) is 0 Å². The Labute approximate surface area is 99.6 Å². The highest BCUT2D eigenvalue weighted by atomic mass is 19.1. The van der Waals surface area contributed by atoms with Crippen LogP contribution in [0.25, 0.3) is 0 Å². The summed E-state index contributed by atoms with van der Waals surface area (Å²) in [5, 5.41) is 0. The van der Waals surface area contributed by atoms with Gasteiger partial charge in [-0.3, -0.25) is 4.79 Å². The summed E-state index contributed by atoms with van der Waals surface area (Å²) in [6.45, 7) is 5.15. The minimum Gasteiger partial charge on any atom is -0.460 e. The van der Waals surface area contributed by atoms with Gasteiger partial charge in [-0.15, -0.1) is 0 Å². The summed E-state index contributed by atoms with van der Waals surface area (Å²) >= 11 is 0. The summed E-state index contributed by atoms with van der Waals surface area (Å²) in [5.74, 6) is -1.98. The van der Waals surface area contributed by atoms with Gasteiger partial charge in [-0.25, -0.2) is 9.18 Å². The van der Waals surface area contributed by atoms with Gasteiger partial charge in [-0.2, -0.15) is 0 Å². The molecule has 0 saturated heterocycles. The number of aryl methyl sites for hydroxylation is 2. The number of rotatable bonds is 4. The Kier molecular flexibility index (Phi) is 4.37. The van der Waals surface area contributed by atoms with Crippen molar-refractivity contribution in [3.63, 3.8) is 0 Å². The lowest BCUT2D eigenvalue weighted by Gasteiger charge is -2.08. The molecule has 0 heterocycles. The lowest BCUT2D eigenvalue weighted by atomic mass is 10.00. The van der Waals surface area contributed by atoms with Crippen LogP contribution < -0.4 is 0 Å². The molecular formula is C13H15FO3. The molecule has 0 saturated carbocycles. The molecule has 0 amide bonds. The second kappa shape index (κ2) is 5.57. The summed E-state index contributed by atoms with van der Waals surface area (Å²) < 4.78 is 18.1. The standard InChI is InChI=1S/C13H15FO3/c1-4-9-7-10(8(3)6-11(9)14)12(15)13(16)17-5-2/h6-7H,4-5H2,1-3H3. The molecule has 1 aromatic rings. The Balaban J connectivity index is 3.13. The third-order valence-electron chi connectivity index (χ3n) is 2.48. The van der Waals surface area contributed by atoms with Crippen LogP contribution in [0.5, 0.6) is 0 Å². The van der Waals surface area contributed by atoms with Gasteiger partial charge in [0.25, 0.3) is 5.78 Å². The molecule has 0 aliphatic heterocycles. The van der Waals surface area contributed by atoms with Crippen LogP contribution in [-0.4, -0.2) is 18.4 Å². The van der Waals surface area contributed by atoms with E-state index in [-0.39, 0.29) is 18.0 Å². The zero-order valence-electron chi connectivity index (χ0n) is 10.2. The van der Waals surface area contributed by atoms with Crippen LogP contribution in [0.4, 0.5) is 4.39 Å². The van der Waals surface area contributed by atoms with Gasteiger partial charge in [0.05, 0.1) is 6.61 Å². The van der Waals surface area contributed by atoms with Gasteiger partial charge in [0.2, 0.25) is 0 Å². The van der Waals surface area contributed by atoms with Gasteiger partial charge in [-0.05, 0) is 43.5 Å². The number of ether oxygens (including phenoxy) is 1. The summed E-state index contributed by atoms with van der Waals surface area (Å²) in [4.78, 5) is 23.1. The molecule has 4 heteroatoms. The Morgan fingerprint density at radius 1 is 1.29 bits per heavy atom. The third kappa shape index (κ3) is 2.90. The lowest BCUT2D eigenvalue weighted by Crippen LogP contribution is -2.19. The smallest absolute Gasteiger partial charge is 0.379 e. The quantitative estimate of drug-likeness (QED) is 0.459. The first kappa shape index (κ1) is 13.4. The Bertz CT molecular complexity index is 452. The molecule has 0 unspecified atom stereocenters. The van der Waals surface area contributed by atoms with Crippen LogP contribution in [0, 0.1) is 12.7 Å². The molecule has 0 aromatic heterocycles. The Morgan fingerprint density at radius 3 is 2.47 bits per heavy atom. The number of esters is 1. The number of Topliss-reactive ketones (excluding diaryl/α,β-unsaturated/α-hetero) is 1. The SMILES string of the molecule is CCOC(=O)C(=O)c1cc(CC)c(F)cc1C. The van der Waals surface area contributed by atoms with Crippen molar-refractivity contribution in [2.24, 2.45) is 0 Å². The van der Waals surface area contributed by atoms with Crippen molar-refractivity contribution >= 4 is 11.8 Å². The van der Waals surface area contributed by atoms with Gasteiger partial charge >= 0.3 is 5.97 Å². The predicted octanol–water partition coefficient (Wildman–Crippen LogP) is 2.44. The number of halogens is 1. The van der Waals surface area contributed by atoms with Crippen LogP contribution in [-0.2, 0) is 16.0 Å². The van der Waals surface area contributed by atoms with Crippen molar-refractivity contribution in [2.45, 2.75) is 27.2 Å². The second-order valence-corrected chi connectivity index (χ2v) is 3.66. The van der Waals surface area contributed by atoms with Gasteiger partial charge < -0.3 is 4.74 Å². The van der Waals surface area contributed by atoms with E-state index < -0.39 is 11.8 Å². The van der Waals surface area contributed by atoms with Gasteiger partial charge in [0.1, 0.15) is 5.82 Å². The van der Waals surface area contributed by atoms with Gasteiger partial charge in [0, 0.05) is 5.56 Å². The predicted molar refractivity (Wildman–Crippen MR) is 61.5 cm³/mol. The fraction of sp³-hybridized carbons (Fsp3) is 0.385. The van der Waals surface area contributed by atoms with Crippen LogP contribution in [0.15, 0.2) is 12.1 Å². The maximum absolute atomic E-state index is 13.4. The molecule has 0 radical (unpaired) electrons. The van der Waals surface area contributed by atoms with Crippen LogP contribution in [0.3, 0.4) is 0 Å². The van der Waals surface area contributed by atoms with E-state index in [1.165, 1.54) is 12.1 Å². The average Bonchev–Trinajstić information content (AvgIpc) is 2.29. The first-order valence-corrected chi connectivity index (χ1v) is 5.51. The van der Waals surface area contributed by atoms with Crippen molar-refractivity contribution in [1.29, 1.82) is 0 Å². The van der Waals surface area contributed by atoms with Crippen molar-refractivity contribution < 1.29 is 18.7 Å². The topological polar surface area (TPSA) is 43.4 Å². The highest BCUT2D eigenvalue weighted by Crippen LogP contribution is 2.17. The fourth-order valence-electron chi connectivity index (χ4n) is 1.54. The zero-order chi connectivity index (χ0) is 13.0. The minimum atomic E-state index is -0.899. The van der Waals surface area contributed by atoms with E-state index in [0.717, 1.165) is 0 Å². The highest BCUT2D eigenvalue weighted by molar-refractivity contribution is 6.41. The Morgan fingerprint density at radius 2 is 1.94 bits per heavy atom. The highest BCUT2D eigenvalue weighted by Gasteiger charge is 2.20. The van der Waals surface area contributed by atoms with Gasteiger partial charge in [-0.1, -0.05) is 6.92 Å². The van der Waals surface area contributed by atoms with E-state index in [0.29, 0.717) is 17.5 Å². The average molecular weight is 238 g/mol. The van der Waals surface area contributed by atoms with E-state index in [4.69, 9.17) is 0 Å². The molecule has 0 spiro atoms. The summed E-state index contributed by atoms with van der Waals surface area (Å²) in [6.07, 6.45) is 0.467. The van der Waals surface area contributed by atoms with Crippen molar-refractivity contribution in [3.05, 3.63) is 34.6 Å². The zero-order valence-corrected chi connectivity index (χ0v) is 10.2. The molecule has 17 heavy (non-hydrogen) atoms. The first-order chi connectivity index (χ1) is 8.01. The molecule has 92 valence electrons. The molecule has 1 aromatic carbocycles. The van der Waals surface area contributed by atoms with E-state index >= 15 is 0 Å². The van der Waals surface area contributed by atoms with Crippen molar-refractivity contribution in [3.8, 4) is 0 Å². The molecule has 0 N–H and O–H groups in total. The molecule has 1 rings (SSSR count). The minimum absolute atomic E-state index is 0.144. The van der Waals surface area contributed by atoms with Crippen LogP contribution in [0.1, 0.15) is 35.3 Å². The summed E-state index contributed by atoms with van der Waals surface area (Å²) in [5.41, 5.74) is 1.07. The number of hydrogen-bond acceptors (Lipinski definition) is 3. The van der Waals surface area contributed by atoms with Crippen LogP contribution >= 0.6 is 0 Å². The lowest BCUT2D eigenvalue weighted by molar-refractivity contribution is -0.137. The molecule has 0 aliphatic carbocycles. The largest absolute Gasteiger partial charge is 0.460 e. The second-order valence-electron chi connectivity index (χ2n) is 3.66. The molecule has 0 fully saturated rings. The van der Waals surface area contributed by atoms with Crippen LogP contribution in [0.2, 0.25) is 0 Å². The number of ketones is 1. The van der Waals surface area contributed by atoms with E-state index in [2.05, 4.69) is 4.74 Å². The number of hydrogen-bond donors (Lipinski definition) is 0. The molecule has 0 aliphatic rings. The van der Waals surface area contributed by atoms with Crippen molar-refractivity contribution in [2.75, 3.05) is 6.61 Å². The first-order valence-electron chi connectivity index (χ1n) is 5.51. The van der Waals surface area contributed by atoms with E-state index in [1.54, 1.807) is 20.8 Å². The third-order valence-corrected chi connectivity index (χ3v) is 2.48. The van der Waals surface area contributed by atoms with E-state index in [9.17, 15) is 14.0 Å². The molecule has 0 bridgehead atoms. The summed E-state index contributed by atoms with van der Waals surface area (Å²) in [7, 11) is 0. The number of carbonyl (C=O) groups excluding carboxylic acids is 2. The maximum atomic E-state index is 13.4. The molecule has 0 atom stereocenters. The Hall–Kier alpha value is -1.71. The monoisotopic (exact) mass is 238 g/mol.